The predicted octanol–water partition coefficient (Wildman–Crippen LogP) is 4.88. The number of benzene rings is 1. The maximum absolute atomic E-state index is 13.3. The number of halogens is 1. The van der Waals surface area contributed by atoms with Crippen molar-refractivity contribution in [2.45, 2.75) is 53.6 Å². The van der Waals surface area contributed by atoms with Crippen LogP contribution in [0.15, 0.2) is 47.1 Å². The van der Waals surface area contributed by atoms with E-state index in [1.807, 2.05) is 0 Å². The van der Waals surface area contributed by atoms with E-state index in [4.69, 9.17) is 9.15 Å². The van der Waals surface area contributed by atoms with E-state index in [0.717, 1.165) is 12.0 Å². The van der Waals surface area contributed by atoms with Crippen LogP contribution in [0.4, 0.5) is 4.39 Å². The number of hydrogen-bond donors (Lipinski definition) is 0. The minimum Gasteiger partial charge on any atom is -0.467 e. The monoisotopic (exact) mass is 460 g/mol. The van der Waals surface area contributed by atoms with E-state index in [1.165, 1.54) is 12.1 Å². The van der Waals surface area contributed by atoms with E-state index in [1.54, 1.807) is 47.4 Å². The van der Waals surface area contributed by atoms with Crippen LogP contribution in [0, 0.1) is 17.2 Å². The average Bonchev–Trinajstić information content (AvgIpc) is 3.23. The summed E-state index contributed by atoms with van der Waals surface area (Å²) in [6, 6.07) is 9.61. The molecule has 0 saturated carbocycles. The summed E-state index contributed by atoms with van der Waals surface area (Å²) < 4.78 is 23.9. The van der Waals surface area contributed by atoms with E-state index in [2.05, 4.69) is 27.7 Å². The number of ether oxygens (including phenoxy) is 1. The first-order chi connectivity index (χ1) is 15.6. The summed E-state index contributed by atoms with van der Waals surface area (Å²) in [5.41, 5.74) is 0.923. The first-order valence-electron chi connectivity index (χ1n) is 11.4. The molecule has 0 fully saturated rings. The predicted molar refractivity (Wildman–Crippen MR) is 126 cm³/mol. The smallest absolute Gasteiger partial charge is 0.242 e. The summed E-state index contributed by atoms with van der Waals surface area (Å²) in [4.78, 5) is 29.6. The van der Waals surface area contributed by atoms with Crippen molar-refractivity contribution in [3.05, 3.63) is 59.8 Å². The molecule has 0 spiro atoms. The van der Waals surface area contributed by atoms with Crippen molar-refractivity contribution >= 4 is 11.8 Å². The Morgan fingerprint density at radius 1 is 1.06 bits per heavy atom. The van der Waals surface area contributed by atoms with Gasteiger partial charge in [-0.1, -0.05) is 39.8 Å². The van der Waals surface area contributed by atoms with Gasteiger partial charge in [-0.2, -0.15) is 0 Å². The highest BCUT2D eigenvalue weighted by Gasteiger charge is 2.25. The Balaban J connectivity index is 2.12. The maximum Gasteiger partial charge on any atom is 0.242 e. The third kappa shape index (κ3) is 9.78. The first-order valence-corrected chi connectivity index (χ1v) is 11.4. The van der Waals surface area contributed by atoms with Gasteiger partial charge in [0.2, 0.25) is 11.8 Å². The lowest BCUT2D eigenvalue weighted by Crippen LogP contribution is -2.44. The Bertz CT molecular complexity index is 859. The summed E-state index contributed by atoms with van der Waals surface area (Å²) in [5.74, 6) is 0.249. The lowest BCUT2D eigenvalue weighted by Gasteiger charge is -2.29. The molecular formula is C26H37FN2O4. The Morgan fingerprint density at radius 2 is 1.76 bits per heavy atom. The molecule has 0 bridgehead atoms. The molecule has 0 aliphatic heterocycles. The minimum absolute atomic E-state index is 0.0493. The third-order valence-electron chi connectivity index (χ3n) is 5.29. The van der Waals surface area contributed by atoms with Gasteiger partial charge in [-0.25, -0.2) is 4.39 Å². The number of nitrogens with zero attached hydrogens (tertiary/aromatic N) is 2. The number of carbonyl (C=O) groups excluding carboxylic acids is 2. The second kappa shape index (κ2) is 12.5. The Kier molecular flexibility index (Phi) is 10.1. The molecule has 182 valence electrons. The highest BCUT2D eigenvalue weighted by molar-refractivity contribution is 5.85. The Hall–Kier alpha value is -2.67. The Morgan fingerprint density at radius 3 is 2.33 bits per heavy atom. The molecule has 1 aromatic carbocycles. The molecule has 6 nitrogen and oxygen atoms in total. The summed E-state index contributed by atoms with van der Waals surface area (Å²) in [6.45, 7) is 9.72. The number of methoxy groups -OCH3 is 1. The quantitative estimate of drug-likeness (QED) is 0.453. The highest BCUT2D eigenvalue weighted by Crippen LogP contribution is 2.26. The largest absolute Gasteiger partial charge is 0.467 e. The zero-order valence-corrected chi connectivity index (χ0v) is 20.5. The topological polar surface area (TPSA) is 63.0 Å². The van der Waals surface area contributed by atoms with Crippen LogP contribution in [0.3, 0.4) is 0 Å². The van der Waals surface area contributed by atoms with E-state index < -0.39 is 0 Å². The fourth-order valence-corrected chi connectivity index (χ4v) is 3.93. The molecule has 0 N–H and O–H groups in total. The van der Waals surface area contributed by atoms with Crippen LogP contribution < -0.4 is 0 Å². The number of furan rings is 1. The number of rotatable bonds is 12. The van der Waals surface area contributed by atoms with Crippen molar-refractivity contribution in [3.63, 3.8) is 0 Å². The van der Waals surface area contributed by atoms with Gasteiger partial charge in [-0.3, -0.25) is 9.59 Å². The average molecular weight is 461 g/mol. The van der Waals surface area contributed by atoms with Crippen LogP contribution in [0.5, 0.6) is 0 Å². The molecule has 2 rings (SSSR count). The van der Waals surface area contributed by atoms with Crippen molar-refractivity contribution in [2.24, 2.45) is 11.3 Å². The minimum atomic E-state index is -0.330. The molecule has 0 radical (unpaired) electrons. The highest BCUT2D eigenvalue weighted by atomic mass is 19.1. The lowest BCUT2D eigenvalue weighted by molar-refractivity contribution is -0.142. The molecule has 0 saturated heterocycles. The number of amides is 2. The second-order valence-corrected chi connectivity index (χ2v) is 9.84. The van der Waals surface area contributed by atoms with Crippen molar-refractivity contribution in [1.29, 1.82) is 0 Å². The van der Waals surface area contributed by atoms with Crippen LogP contribution in [0.25, 0.3) is 0 Å². The fraction of sp³-hybridized carbons (Fsp3) is 0.538. The van der Waals surface area contributed by atoms with Crippen LogP contribution >= 0.6 is 0 Å². The van der Waals surface area contributed by atoms with Gasteiger partial charge in [0.15, 0.2) is 0 Å². The fourth-order valence-electron chi connectivity index (χ4n) is 3.93. The molecule has 0 aliphatic carbocycles. The van der Waals surface area contributed by atoms with E-state index in [-0.39, 0.29) is 48.6 Å². The van der Waals surface area contributed by atoms with Gasteiger partial charge in [0.1, 0.15) is 11.6 Å². The number of carbonyl (C=O) groups is 2. The van der Waals surface area contributed by atoms with Gasteiger partial charge in [0.05, 0.1) is 26.0 Å². The van der Waals surface area contributed by atoms with Gasteiger partial charge in [-0.15, -0.1) is 0 Å². The lowest BCUT2D eigenvalue weighted by atomic mass is 9.84. The van der Waals surface area contributed by atoms with Crippen molar-refractivity contribution in [1.82, 2.24) is 9.80 Å². The van der Waals surface area contributed by atoms with Crippen LogP contribution in [0.1, 0.15) is 51.9 Å². The van der Waals surface area contributed by atoms with Gasteiger partial charge in [0.25, 0.3) is 0 Å². The van der Waals surface area contributed by atoms with Gasteiger partial charge >= 0.3 is 0 Å². The van der Waals surface area contributed by atoms with Gasteiger partial charge in [0, 0.05) is 26.6 Å². The van der Waals surface area contributed by atoms with E-state index >= 15 is 0 Å². The zero-order valence-electron chi connectivity index (χ0n) is 20.5. The molecule has 0 aliphatic rings. The first kappa shape index (κ1) is 26.6. The SMILES string of the molecule is COCCN(CC(=O)N(Cc1ccc(F)cc1)Cc1ccco1)C(=O)CC(C)CC(C)(C)C. The Labute approximate surface area is 196 Å². The zero-order chi connectivity index (χ0) is 24.4. The second-order valence-electron chi connectivity index (χ2n) is 9.84. The third-order valence-corrected chi connectivity index (χ3v) is 5.29. The summed E-state index contributed by atoms with van der Waals surface area (Å²) in [5, 5.41) is 0. The number of hydrogen-bond acceptors (Lipinski definition) is 4. The van der Waals surface area contributed by atoms with Crippen molar-refractivity contribution in [2.75, 3.05) is 26.8 Å². The molecule has 1 unspecified atom stereocenters. The molecule has 1 atom stereocenters. The van der Waals surface area contributed by atoms with Crippen molar-refractivity contribution in [3.8, 4) is 0 Å². The molecule has 1 heterocycles. The van der Waals surface area contributed by atoms with Crippen LogP contribution in [-0.2, 0) is 27.4 Å². The summed E-state index contributed by atoms with van der Waals surface area (Å²) in [6.07, 6.45) is 2.85. The normalized spacial score (nSPS) is 12.4. The molecule has 1 aromatic heterocycles. The van der Waals surface area contributed by atoms with E-state index in [9.17, 15) is 14.0 Å². The molecular weight excluding hydrogens is 423 g/mol. The molecule has 2 amide bonds. The van der Waals surface area contributed by atoms with E-state index in [0.29, 0.717) is 25.3 Å². The summed E-state index contributed by atoms with van der Waals surface area (Å²) >= 11 is 0. The molecule has 7 heteroatoms. The van der Waals surface area contributed by atoms with Gasteiger partial charge in [-0.05, 0) is 47.6 Å². The van der Waals surface area contributed by atoms with Crippen LogP contribution in [-0.4, -0.2) is 48.4 Å². The standard InChI is InChI=1S/C26H37FN2O4/c1-20(16-26(2,3)4)15-24(30)28(12-14-32-5)19-25(31)29(18-23-7-6-13-33-23)17-21-8-10-22(27)11-9-21/h6-11,13,20H,12,14-19H2,1-5H3. The molecule has 33 heavy (non-hydrogen) atoms. The summed E-state index contributed by atoms with van der Waals surface area (Å²) in [7, 11) is 1.57. The maximum atomic E-state index is 13.3. The van der Waals surface area contributed by atoms with Gasteiger partial charge < -0.3 is 19.0 Å². The van der Waals surface area contributed by atoms with Crippen molar-refractivity contribution < 1.29 is 23.1 Å². The van der Waals surface area contributed by atoms with Crippen LogP contribution in [0.2, 0.25) is 0 Å². The molecule has 2 aromatic rings.